The highest BCUT2D eigenvalue weighted by atomic mass is 16.2. The lowest BCUT2D eigenvalue weighted by molar-refractivity contribution is -0.122. The summed E-state index contributed by atoms with van der Waals surface area (Å²) in [4.78, 5) is 28.9. The van der Waals surface area contributed by atoms with Crippen molar-refractivity contribution in [3.63, 3.8) is 0 Å². The Morgan fingerprint density at radius 2 is 1.69 bits per heavy atom. The maximum atomic E-state index is 12.7. The Hall–Kier alpha value is -3.15. The topological polar surface area (TPSA) is 76.0 Å². The Morgan fingerprint density at radius 1 is 1.00 bits per heavy atom. The molecule has 0 spiro atoms. The van der Waals surface area contributed by atoms with Gasteiger partial charge in [0.2, 0.25) is 11.8 Å². The van der Waals surface area contributed by atoms with Crippen LogP contribution in [-0.4, -0.2) is 27.4 Å². The largest absolute Gasteiger partial charge is 0.352 e. The van der Waals surface area contributed by atoms with Crippen LogP contribution in [0.3, 0.4) is 0 Å². The van der Waals surface area contributed by atoms with E-state index in [2.05, 4.69) is 27.8 Å². The number of nitrogens with zero attached hydrogens (tertiary/aromatic N) is 2. The highest BCUT2D eigenvalue weighted by Gasteiger charge is 2.19. The molecule has 0 saturated carbocycles. The van der Waals surface area contributed by atoms with Crippen molar-refractivity contribution in [3.8, 4) is 0 Å². The molecule has 0 unspecified atom stereocenters. The summed E-state index contributed by atoms with van der Waals surface area (Å²) in [6.45, 7) is 5.53. The van der Waals surface area contributed by atoms with Gasteiger partial charge in [-0.3, -0.25) is 9.59 Å². The van der Waals surface area contributed by atoms with Gasteiger partial charge in [-0.05, 0) is 44.4 Å². The molecule has 0 aliphatic heterocycles. The van der Waals surface area contributed by atoms with E-state index in [9.17, 15) is 9.59 Å². The number of carbonyl (C=O) groups is 2. The third kappa shape index (κ3) is 5.44. The lowest BCUT2D eigenvalue weighted by Gasteiger charge is -2.17. The number of para-hydroxylation sites is 2. The first kappa shape index (κ1) is 20.6. The average molecular weight is 393 g/mol. The maximum absolute atomic E-state index is 12.7. The average Bonchev–Trinajstić information content (AvgIpc) is 3.05. The zero-order valence-electron chi connectivity index (χ0n) is 17.2. The van der Waals surface area contributed by atoms with Crippen LogP contribution in [0.2, 0.25) is 0 Å². The van der Waals surface area contributed by atoms with Crippen molar-refractivity contribution < 1.29 is 9.59 Å². The van der Waals surface area contributed by atoms with Crippen molar-refractivity contribution in [1.29, 1.82) is 0 Å². The summed E-state index contributed by atoms with van der Waals surface area (Å²) in [6, 6.07) is 17.7. The fourth-order valence-electron chi connectivity index (χ4n) is 3.52. The number of carbonyl (C=O) groups excluding carboxylic acids is 2. The van der Waals surface area contributed by atoms with Crippen molar-refractivity contribution in [1.82, 2.24) is 20.2 Å². The van der Waals surface area contributed by atoms with Crippen LogP contribution in [0.25, 0.3) is 11.0 Å². The molecule has 0 bridgehead atoms. The van der Waals surface area contributed by atoms with E-state index in [4.69, 9.17) is 0 Å². The van der Waals surface area contributed by atoms with E-state index in [1.807, 2.05) is 60.9 Å². The summed E-state index contributed by atoms with van der Waals surface area (Å²) < 4.78 is 1.88. The zero-order chi connectivity index (χ0) is 20.8. The molecular formula is C23H28N4O2. The molecule has 1 heterocycles. The number of imidazole rings is 1. The van der Waals surface area contributed by atoms with Gasteiger partial charge in [-0.15, -0.1) is 0 Å². The Morgan fingerprint density at radius 3 is 2.41 bits per heavy atom. The summed E-state index contributed by atoms with van der Waals surface area (Å²) in [5.41, 5.74) is 2.96. The fraction of sp³-hybridized carbons (Fsp3) is 0.348. The van der Waals surface area contributed by atoms with E-state index >= 15 is 0 Å². The molecule has 0 aliphatic carbocycles. The van der Waals surface area contributed by atoms with Crippen LogP contribution >= 0.6 is 0 Å². The zero-order valence-corrected chi connectivity index (χ0v) is 17.2. The molecule has 2 atom stereocenters. The van der Waals surface area contributed by atoms with Crippen molar-refractivity contribution in [2.75, 3.05) is 0 Å². The van der Waals surface area contributed by atoms with Gasteiger partial charge in [0.25, 0.3) is 0 Å². The number of aryl methyl sites for hydroxylation is 1. The quantitative estimate of drug-likeness (QED) is 0.617. The number of fused-ring (bicyclic) bond motifs is 1. The summed E-state index contributed by atoms with van der Waals surface area (Å²) in [7, 11) is 0. The number of benzene rings is 2. The molecule has 152 valence electrons. The minimum Gasteiger partial charge on any atom is -0.352 e. The van der Waals surface area contributed by atoms with Gasteiger partial charge in [0.05, 0.1) is 17.1 Å². The Kier molecular flexibility index (Phi) is 6.65. The second kappa shape index (κ2) is 9.37. The SMILES string of the molecule is CC(=O)N[C@@H](C)c1nc2ccccc2n1CC(=O)N[C@H](C)CCc1ccccc1. The second-order valence-electron chi connectivity index (χ2n) is 7.46. The molecule has 6 nitrogen and oxygen atoms in total. The first-order valence-electron chi connectivity index (χ1n) is 9.99. The second-order valence-corrected chi connectivity index (χ2v) is 7.46. The molecule has 3 aromatic rings. The Labute approximate surface area is 171 Å². The third-order valence-corrected chi connectivity index (χ3v) is 4.91. The summed E-state index contributed by atoms with van der Waals surface area (Å²) in [5.74, 6) is 0.480. The first-order valence-corrected chi connectivity index (χ1v) is 9.99. The Balaban J connectivity index is 1.69. The van der Waals surface area contributed by atoms with E-state index in [1.54, 1.807) is 0 Å². The molecule has 1 aromatic heterocycles. The molecule has 0 saturated heterocycles. The van der Waals surface area contributed by atoms with Gasteiger partial charge in [0.15, 0.2) is 0 Å². The van der Waals surface area contributed by atoms with Crippen LogP contribution in [0.15, 0.2) is 54.6 Å². The van der Waals surface area contributed by atoms with Gasteiger partial charge in [-0.25, -0.2) is 4.98 Å². The van der Waals surface area contributed by atoms with Crippen molar-refractivity contribution in [2.24, 2.45) is 0 Å². The minimum atomic E-state index is -0.289. The summed E-state index contributed by atoms with van der Waals surface area (Å²) >= 11 is 0. The van der Waals surface area contributed by atoms with Crippen LogP contribution in [0.5, 0.6) is 0 Å². The summed E-state index contributed by atoms with van der Waals surface area (Å²) in [6.07, 6.45) is 1.79. The van der Waals surface area contributed by atoms with Crippen LogP contribution in [0, 0.1) is 0 Å². The van der Waals surface area contributed by atoms with E-state index in [0.717, 1.165) is 23.9 Å². The lowest BCUT2D eigenvalue weighted by Crippen LogP contribution is -2.36. The maximum Gasteiger partial charge on any atom is 0.240 e. The molecule has 0 fully saturated rings. The van der Waals surface area contributed by atoms with Crippen molar-refractivity contribution in [2.45, 2.75) is 52.2 Å². The molecule has 6 heteroatoms. The standard InChI is InChI=1S/C23H28N4O2/c1-16(13-14-19-9-5-4-6-10-19)24-22(29)15-27-21-12-8-7-11-20(21)26-23(27)17(2)25-18(3)28/h4-12,16-17H,13-15H2,1-3H3,(H,24,29)(H,25,28)/t16-,17+/m1/s1. The van der Waals surface area contributed by atoms with Crippen LogP contribution in [0.4, 0.5) is 0 Å². The van der Waals surface area contributed by atoms with Crippen LogP contribution in [-0.2, 0) is 22.6 Å². The van der Waals surface area contributed by atoms with Gasteiger partial charge < -0.3 is 15.2 Å². The van der Waals surface area contributed by atoms with Gasteiger partial charge in [0, 0.05) is 13.0 Å². The minimum absolute atomic E-state index is 0.0636. The Bertz CT molecular complexity index is 981. The molecule has 29 heavy (non-hydrogen) atoms. The third-order valence-electron chi connectivity index (χ3n) is 4.91. The predicted octanol–water partition coefficient (Wildman–Crippen LogP) is 3.37. The number of rotatable bonds is 8. The highest BCUT2D eigenvalue weighted by Crippen LogP contribution is 2.20. The molecule has 2 amide bonds. The van der Waals surface area contributed by atoms with Crippen LogP contribution < -0.4 is 10.6 Å². The molecule has 2 aromatic carbocycles. The normalized spacial score (nSPS) is 13.1. The van der Waals surface area contributed by atoms with Crippen molar-refractivity contribution in [3.05, 3.63) is 66.0 Å². The monoisotopic (exact) mass is 392 g/mol. The van der Waals surface area contributed by atoms with Gasteiger partial charge >= 0.3 is 0 Å². The first-order chi connectivity index (χ1) is 13.9. The highest BCUT2D eigenvalue weighted by molar-refractivity contribution is 5.81. The number of hydrogen-bond donors (Lipinski definition) is 2. The lowest BCUT2D eigenvalue weighted by atomic mass is 10.1. The van der Waals surface area contributed by atoms with Gasteiger partial charge in [0.1, 0.15) is 12.4 Å². The predicted molar refractivity (Wildman–Crippen MR) is 114 cm³/mol. The summed E-state index contributed by atoms with van der Waals surface area (Å²) in [5, 5.41) is 5.94. The number of amides is 2. The fourth-order valence-corrected chi connectivity index (χ4v) is 3.52. The molecule has 2 N–H and O–H groups in total. The van der Waals surface area contributed by atoms with E-state index < -0.39 is 0 Å². The van der Waals surface area contributed by atoms with E-state index in [1.165, 1.54) is 12.5 Å². The smallest absolute Gasteiger partial charge is 0.240 e. The number of aromatic nitrogens is 2. The molecule has 0 aliphatic rings. The number of hydrogen-bond acceptors (Lipinski definition) is 3. The van der Waals surface area contributed by atoms with E-state index in [0.29, 0.717) is 5.82 Å². The molecular weight excluding hydrogens is 364 g/mol. The molecule has 0 radical (unpaired) electrons. The van der Waals surface area contributed by atoms with Gasteiger partial charge in [-0.2, -0.15) is 0 Å². The van der Waals surface area contributed by atoms with Crippen molar-refractivity contribution >= 4 is 22.8 Å². The molecule has 3 rings (SSSR count). The van der Waals surface area contributed by atoms with Crippen LogP contribution in [0.1, 0.15) is 44.6 Å². The van der Waals surface area contributed by atoms with Gasteiger partial charge in [-0.1, -0.05) is 42.5 Å². The number of nitrogens with one attached hydrogen (secondary N) is 2. The van der Waals surface area contributed by atoms with E-state index in [-0.39, 0.29) is 30.4 Å².